The van der Waals surface area contributed by atoms with Crippen LogP contribution in [0.15, 0.2) is 60.7 Å². The molecule has 27 heavy (non-hydrogen) atoms. The summed E-state index contributed by atoms with van der Waals surface area (Å²) < 4.78 is 4.74. The van der Waals surface area contributed by atoms with Crippen LogP contribution in [-0.2, 0) is 9.53 Å². The number of hydrogen-bond donors (Lipinski definition) is 1. The molecule has 3 aromatic rings. The second kappa shape index (κ2) is 6.57. The van der Waals surface area contributed by atoms with Crippen LogP contribution < -0.4 is 10.2 Å². The van der Waals surface area contributed by atoms with E-state index in [4.69, 9.17) is 4.74 Å². The molecule has 0 aromatic heterocycles. The van der Waals surface area contributed by atoms with Gasteiger partial charge in [0.25, 0.3) is 5.91 Å². The number of para-hydroxylation sites is 1. The van der Waals surface area contributed by atoms with E-state index in [1.165, 1.54) is 12.0 Å². The minimum atomic E-state index is -0.541. The monoisotopic (exact) mass is 360 g/mol. The molecule has 0 fully saturated rings. The fourth-order valence-corrected chi connectivity index (χ4v) is 3.35. The van der Waals surface area contributed by atoms with E-state index < -0.39 is 11.9 Å². The van der Waals surface area contributed by atoms with E-state index in [0.717, 1.165) is 10.8 Å². The summed E-state index contributed by atoms with van der Waals surface area (Å²) in [6.07, 6.45) is 0. The van der Waals surface area contributed by atoms with Gasteiger partial charge in [-0.2, -0.15) is 0 Å². The average Bonchev–Trinajstić information content (AvgIpc) is 2.96. The molecule has 0 aliphatic carbocycles. The summed E-state index contributed by atoms with van der Waals surface area (Å²) in [5.74, 6) is -1.15. The zero-order valence-electron chi connectivity index (χ0n) is 14.6. The van der Waals surface area contributed by atoms with Crippen LogP contribution in [0, 0.1) is 0 Å². The van der Waals surface area contributed by atoms with Crippen molar-refractivity contribution in [1.82, 2.24) is 0 Å². The number of nitrogens with one attached hydrogen (secondary N) is 1. The van der Waals surface area contributed by atoms with Crippen molar-refractivity contribution in [3.63, 3.8) is 0 Å². The number of hydrogen-bond acceptors (Lipinski definition) is 4. The predicted molar refractivity (Wildman–Crippen MR) is 102 cm³/mol. The number of rotatable bonds is 4. The molecule has 0 spiro atoms. The number of benzene rings is 3. The molecule has 0 atom stereocenters. The maximum Gasteiger partial charge on any atom is 0.339 e. The minimum absolute atomic E-state index is 0.151. The number of carbonyl (C=O) groups excluding carboxylic acids is 3. The number of amides is 2. The molecular formula is C21H16N2O4. The minimum Gasteiger partial charge on any atom is -0.465 e. The lowest BCUT2D eigenvalue weighted by Gasteiger charge is -2.18. The third-order valence-electron chi connectivity index (χ3n) is 4.56. The van der Waals surface area contributed by atoms with Crippen LogP contribution in [0.2, 0.25) is 0 Å². The highest BCUT2D eigenvalue weighted by atomic mass is 16.5. The molecule has 4 rings (SSSR count). The topological polar surface area (TPSA) is 75.7 Å². The lowest BCUT2D eigenvalue weighted by atomic mass is 10.1. The zero-order valence-corrected chi connectivity index (χ0v) is 14.6. The molecule has 0 unspecified atom stereocenters. The molecule has 3 aromatic carbocycles. The highest BCUT2D eigenvalue weighted by molar-refractivity contribution is 6.26. The lowest BCUT2D eigenvalue weighted by molar-refractivity contribution is -0.114. The molecule has 0 bridgehead atoms. The van der Waals surface area contributed by atoms with Gasteiger partial charge in [-0.05, 0) is 29.7 Å². The van der Waals surface area contributed by atoms with Crippen LogP contribution in [-0.4, -0.2) is 31.4 Å². The van der Waals surface area contributed by atoms with Crippen LogP contribution in [0.5, 0.6) is 0 Å². The Morgan fingerprint density at radius 3 is 2.52 bits per heavy atom. The summed E-state index contributed by atoms with van der Waals surface area (Å²) in [6.45, 7) is -0.151. The predicted octanol–water partition coefficient (Wildman–Crippen LogP) is 3.23. The number of esters is 1. The Hall–Kier alpha value is -3.67. The fourth-order valence-electron chi connectivity index (χ4n) is 3.35. The van der Waals surface area contributed by atoms with Crippen molar-refractivity contribution in [2.45, 2.75) is 0 Å². The highest BCUT2D eigenvalue weighted by Gasteiger charge is 2.31. The number of carbonyl (C=O) groups is 3. The molecule has 2 amide bonds. The standard InChI is InChI=1S/C21H16N2O4/c1-27-21(26)14-8-2-3-10-16(14)22-18(24)12-23-17-11-5-7-13-6-4-9-15(19(13)17)20(23)25/h2-11H,12H2,1H3,(H,22,24). The van der Waals surface area contributed by atoms with Crippen LogP contribution in [0.4, 0.5) is 11.4 Å². The highest BCUT2D eigenvalue weighted by Crippen LogP contribution is 2.36. The number of anilines is 2. The van der Waals surface area contributed by atoms with Gasteiger partial charge < -0.3 is 10.1 Å². The molecule has 1 N–H and O–H groups in total. The van der Waals surface area contributed by atoms with Gasteiger partial charge in [-0.3, -0.25) is 14.5 Å². The van der Waals surface area contributed by atoms with E-state index in [1.807, 2.05) is 30.3 Å². The summed E-state index contributed by atoms with van der Waals surface area (Å²) in [7, 11) is 1.28. The summed E-state index contributed by atoms with van der Waals surface area (Å²) >= 11 is 0. The third-order valence-corrected chi connectivity index (χ3v) is 4.56. The Kier molecular flexibility index (Phi) is 4.08. The van der Waals surface area contributed by atoms with Crippen molar-refractivity contribution in [2.75, 3.05) is 23.9 Å². The Balaban J connectivity index is 1.60. The largest absolute Gasteiger partial charge is 0.465 e. The quantitative estimate of drug-likeness (QED) is 0.725. The molecule has 0 radical (unpaired) electrons. The number of ether oxygens (including phenoxy) is 1. The molecular weight excluding hydrogens is 344 g/mol. The molecule has 1 aliphatic rings. The summed E-state index contributed by atoms with van der Waals surface area (Å²) in [5.41, 5.74) is 1.90. The van der Waals surface area contributed by atoms with Crippen molar-refractivity contribution in [3.05, 3.63) is 71.8 Å². The van der Waals surface area contributed by atoms with Crippen molar-refractivity contribution in [3.8, 4) is 0 Å². The first-order valence-corrected chi connectivity index (χ1v) is 8.41. The van der Waals surface area contributed by atoms with Crippen LogP contribution in [0.3, 0.4) is 0 Å². The maximum absolute atomic E-state index is 12.8. The fraction of sp³-hybridized carbons (Fsp3) is 0.0952. The van der Waals surface area contributed by atoms with Crippen molar-refractivity contribution < 1.29 is 19.1 Å². The second-order valence-electron chi connectivity index (χ2n) is 6.16. The lowest BCUT2D eigenvalue weighted by Crippen LogP contribution is -2.35. The SMILES string of the molecule is COC(=O)c1ccccc1NC(=O)CN1C(=O)c2cccc3cccc1c23. The van der Waals surface area contributed by atoms with Gasteiger partial charge in [0.05, 0.1) is 24.0 Å². The number of nitrogens with zero attached hydrogens (tertiary/aromatic N) is 1. The smallest absolute Gasteiger partial charge is 0.339 e. The summed E-state index contributed by atoms with van der Waals surface area (Å²) in [4.78, 5) is 38.7. The van der Waals surface area contributed by atoms with Gasteiger partial charge in [0.15, 0.2) is 0 Å². The summed E-state index contributed by atoms with van der Waals surface area (Å²) in [5, 5.41) is 4.51. The normalized spacial score (nSPS) is 12.3. The Labute approximate surface area is 155 Å². The van der Waals surface area contributed by atoms with Crippen LogP contribution in [0.1, 0.15) is 20.7 Å². The van der Waals surface area contributed by atoms with Crippen LogP contribution in [0.25, 0.3) is 10.8 Å². The van der Waals surface area contributed by atoms with Gasteiger partial charge in [-0.1, -0.05) is 36.4 Å². The average molecular weight is 360 g/mol. The van der Waals surface area contributed by atoms with E-state index in [9.17, 15) is 14.4 Å². The molecule has 0 saturated heterocycles. The first kappa shape index (κ1) is 16.8. The first-order valence-electron chi connectivity index (χ1n) is 8.41. The van der Waals surface area contributed by atoms with Gasteiger partial charge in [0.2, 0.25) is 5.91 Å². The third kappa shape index (κ3) is 2.81. The van der Waals surface area contributed by atoms with Crippen molar-refractivity contribution in [1.29, 1.82) is 0 Å². The van der Waals surface area contributed by atoms with Gasteiger partial charge in [-0.25, -0.2) is 4.79 Å². The van der Waals surface area contributed by atoms with Gasteiger partial charge in [0.1, 0.15) is 6.54 Å². The molecule has 1 heterocycles. The van der Waals surface area contributed by atoms with E-state index in [2.05, 4.69) is 5.32 Å². The second-order valence-corrected chi connectivity index (χ2v) is 6.16. The first-order chi connectivity index (χ1) is 13.1. The van der Waals surface area contributed by atoms with Crippen molar-refractivity contribution >= 4 is 39.9 Å². The van der Waals surface area contributed by atoms with E-state index in [1.54, 1.807) is 30.3 Å². The molecule has 134 valence electrons. The van der Waals surface area contributed by atoms with E-state index in [-0.39, 0.29) is 18.0 Å². The molecule has 1 aliphatic heterocycles. The van der Waals surface area contributed by atoms with Gasteiger partial charge in [0, 0.05) is 10.9 Å². The van der Waals surface area contributed by atoms with E-state index in [0.29, 0.717) is 16.9 Å². The van der Waals surface area contributed by atoms with Crippen molar-refractivity contribution in [2.24, 2.45) is 0 Å². The Morgan fingerprint density at radius 1 is 1.00 bits per heavy atom. The Morgan fingerprint density at radius 2 is 1.74 bits per heavy atom. The molecule has 0 saturated carbocycles. The van der Waals surface area contributed by atoms with Crippen LogP contribution >= 0.6 is 0 Å². The van der Waals surface area contributed by atoms with Gasteiger partial charge in [-0.15, -0.1) is 0 Å². The van der Waals surface area contributed by atoms with Gasteiger partial charge >= 0.3 is 5.97 Å². The maximum atomic E-state index is 12.8. The molecule has 6 heteroatoms. The Bertz CT molecular complexity index is 1090. The summed E-state index contributed by atoms with van der Waals surface area (Å²) in [6, 6.07) is 17.7. The van der Waals surface area contributed by atoms with E-state index >= 15 is 0 Å². The number of methoxy groups -OCH3 is 1. The zero-order chi connectivity index (χ0) is 19.0. The molecule has 6 nitrogen and oxygen atoms in total.